The van der Waals surface area contributed by atoms with Crippen LogP contribution >= 0.6 is 0 Å². The predicted molar refractivity (Wildman–Crippen MR) is 93.8 cm³/mol. The van der Waals surface area contributed by atoms with Crippen LogP contribution in [-0.4, -0.2) is 140 Å². The van der Waals surface area contributed by atoms with Crippen LogP contribution in [-0.2, 0) is 4.74 Å². The highest BCUT2D eigenvalue weighted by Crippen LogP contribution is 2.10. The lowest BCUT2D eigenvalue weighted by molar-refractivity contribution is -0.0942. The van der Waals surface area contributed by atoms with E-state index in [9.17, 15) is 30.6 Å². The van der Waals surface area contributed by atoms with Gasteiger partial charge in [0.25, 0.3) is 0 Å². The largest absolute Gasteiger partial charge is 0.396 e. The van der Waals surface area contributed by atoms with Gasteiger partial charge in [-0.3, -0.25) is 4.90 Å². The molecule has 0 aromatic heterocycles. The normalized spacial score (nSPS) is 18.9. The number of rotatable bonds is 17. The second kappa shape index (κ2) is 15.5. The van der Waals surface area contributed by atoms with Crippen LogP contribution in [0.5, 0.6) is 0 Å². The number of hydrogen-bond acceptors (Lipinski definition) is 11. The molecule has 0 aliphatic carbocycles. The van der Waals surface area contributed by atoms with E-state index in [1.807, 2.05) is 0 Å². The van der Waals surface area contributed by atoms with Crippen LogP contribution in [0.25, 0.3) is 0 Å². The van der Waals surface area contributed by atoms with Crippen molar-refractivity contribution in [1.82, 2.24) is 4.90 Å². The highest BCUT2D eigenvalue weighted by molar-refractivity contribution is 4.82. The Balaban J connectivity index is 4.79. The van der Waals surface area contributed by atoms with Crippen molar-refractivity contribution in [3.8, 4) is 0 Å². The monoisotopic (exact) mass is 401 g/mol. The van der Waals surface area contributed by atoms with Gasteiger partial charge in [-0.1, -0.05) is 0 Å². The molecule has 0 aliphatic heterocycles. The van der Waals surface area contributed by atoms with E-state index in [0.717, 1.165) is 0 Å². The quantitative estimate of drug-likeness (QED) is 0.106. The predicted octanol–water partition coefficient (Wildman–Crippen LogP) is -4.77. The highest BCUT2D eigenvalue weighted by Gasteiger charge is 2.29. The smallest absolute Gasteiger partial charge is 0.107 e. The number of aliphatic hydroxyl groups excluding tert-OH is 9. The van der Waals surface area contributed by atoms with Crippen molar-refractivity contribution in [2.45, 2.75) is 49.5 Å². The maximum absolute atomic E-state index is 10.1. The van der Waals surface area contributed by atoms with Gasteiger partial charge in [0.05, 0.1) is 44.2 Å². The third-order valence-electron chi connectivity index (χ3n) is 4.10. The molecule has 6 unspecified atom stereocenters. The van der Waals surface area contributed by atoms with Crippen molar-refractivity contribution in [3.63, 3.8) is 0 Å². The summed E-state index contributed by atoms with van der Waals surface area (Å²) < 4.78 is 5.12. The zero-order chi connectivity index (χ0) is 20.8. The van der Waals surface area contributed by atoms with Crippen LogP contribution < -0.4 is 0 Å². The minimum Gasteiger partial charge on any atom is -0.396 e. The zero-order valence-electron chi connectivity index (χ0n) is 15.4. The third-order valence-corrected chi connectivity index (χ3v) is 4.10. The van der Waals surface area contributed by atoms with Gasteiger partial charge < -0.3 is 50.7 Å². The van der Waals surface area contributed by atoms with Gasteiger partial charge in [0, 0.05) is 32.8 Å². The highest BCUT2D eigenvalue weighted by atomic mass is 16.5. The van der Waals surface area contributed by atoms with Gasteiger partial charge in [-0.25, -0.2) is 0 Å². The molecule has 11 heteroatoms. The molecule has 164 valence electrons. The lowest BCUT2D eigenvalue weighted by Crippen LogP contribution is -2.50. The number of nitrogens with zero attached hydrogens (tertiary/aromatic N) is 1. The first kappa shape index (κ1) is 26.6. The van der Waals surface area contributed by atoms with E-state index in [4.69, 9.17) is 20.1 Å². The summed E-state index contributed by atoms with van der Waals surface area (Å²) in [5, 5.41) is 85.6. The zero-order valence-corrected chi connectivity index (χ0v) is 15.4. The molecule has 0 fully saturated rings. The first-order valence-corrected chi connectivity index (χ1v) is 8.99. The van der Waals surface area contributed by atoms with Crippen LogP contribution in [0.1, 0.15) is 12.8 Å². The Bertz CT molecular complexity index is 325. The SMILES string of the molecule is OCCOCCN(CC(O)C(O)C(O)CCO)CC(O)C(O)C(O)CCO. The summed E-state index contributed by atoms with van der Waals surface area (Å²) in [5.41, 5.74) is 0. The van der Waals surface area contributed by atoms with Gasteiger partial charge in [0.15, 0.2) is 0 Å². The molecular weight excluding hydrogens is 366 g/mol. The molecule has 0 bridgehead atoms. The van der Waals surface area contributed by atoms with Gasteiger partial charge in [0.2, 0.25) is 0 Å². The first-order valence-electron chi connectivity index (χ1n) is 8.99. The molecule has 0 radical (unpaired) electrons. The molecule has 0 aliphatic rings. The van der Waals surface area contributed by atoms with E-state index in [2.05, 4.69) is 0 Å². The molecule has 6 atom stereocenters. The summed E-state index contributed by atoms with van der Waals surface area (Å²) >= 11 is 0. The van der Waals surface area contributed by atoms with E-state index < -0.39 is 36.6 Å². The fraction of sp³-hybridized carbons (Fsp3) is 1.00. The van der Waals surface area contributed by atoms with Gasteiger partial charge in [0.1, 0.15) is 12.2 Å². The van der Waals surface area contributed by atoms with E-state index in [0.29, 0.717) is 0 Å². The minimum absolute atomic E-state index is 0.0919. The van der Waals surface area contributed by atoms with Crippen molar-refractivity contribution in [3.05, 3.63) is 0 Å². The molecule has 0 aromatic rings. The lowest BCUT2D eigenvalue weighted by atomic mass is 10.0. The standard InChI is InChI=1S/C16H35NO10/c18-4-1-11(21)15(25)13(23)9-17(3-7-27-8-6-20)10-14(24)16(26)12(22)2-5-19/h11-16,18-26H,1-10H2. The van der Waals surface area contributed by atoms with Gasteiger partial charge in [-0.2, -0.15) is 0 Å². The van der Waals surface area contributed by atoms with Gasteiger partial charge >= 0.3 is 0 Å². The number of ether oxygens (including phenoxy) is 1. The molecular formula is C16H35NO10. The fourth-order valence-corrected chi connectivity index (χ4v) is 2.48. The molecule has 11 nitrogen and oxygen atoms in total. The molecule has 0 saturated carbocycles. The molecule has 0 amide bonds. The van der Waals surface area contributed by atoms with E-state index >= 15 is 0 Å². The van der Waals surface area contributed by atoms with E-state index in [-0.39, 0.29) is 65.5 Å². The van der Waals surface area contributed by atoms with Crippen molar-refractivity contribution in [2.75, 3.05) is 52.7 Å². The van der Waals surface area contributed by atoms with Crippen molar-refractivity contribution in [1.29, 1.82) is 0 Å². The Morgan fingerprint density at radius 3 is 1.41 bits per heavy atom. The van der Waals surface area contributed by atoms with Crippen LogP contribution in [0, 0.1) is 0 Å². The molecule has 0 heterocycles. The van der Waals surface area contributed by atoms with Crippen molar-refractivity contribution < 1.29 is 50.7 Å². The second-order valence-electron chi connectivity index (χ2n) is 6.37. The summed E-state index contributed by atoms with van der Waals surface area (Å²) in [6.45, 7) is -0.894. The minimum atomic E-state index is -1.53. The Morgan fingerprint density at radius 1 is 0.593 bits per heavy atom. The molecule has 0 aromatic carbocycles. The average Bonchev–Trinajstić information content (AvgIpc) is 2.63. The van der Waals surface area contributed by atoms with Crippen molar-refractivity contribution in [2.24, 2.45) is 0 Å². The van der Waals surface area contributed by atoms with Crippen LogP contribution in [0.2, 0.25) is 0 Å². The Kier molecular flexibility index (Phi) is 15.2. The van der Waals surface area contributed by atoms with Crippen LogP contribution in [0.15, 0.2) is 0 Å². The number of hydrogen-bond donors (Lipinski definition) is 9. The Labute approximate surface area is 158 Å². The number of aliphatic hydroxyl groups is 9. The first-order chi connectivity index (χ1) is 12.8. The van der Waals surface area contributed by atoms with Crippen LogP contribution in [0.4, 0.5) is 0 Å². The molecule has 9 N–H and O–H groups in total. The summed E-state index contributed by atoms with van der Waals surface area (Å²) in [6.07, 6.45) is -8.77. The Hall–Kier alpha value is -0.440. The third kappa shape index (κ3) is 11.2. The van der Waals surface area contributed by atoms with E-state index in [1.54, 1.807) is 0 Å². The molecule has 0 spiro atoms. The van der Waals surface area contributed by atoms with Crippen molar-refractivity contribution >= 4 is 0 Å². The maximum atomic E-state index is 10.1. The van der Waals surface area contributed by atoms with E-state index in [1.165, 1.54) is 4.90 Å². The van der Waals surface area contributed by atoms with Gasteiger partial charge in [-0.15, -0.1) is 0 Å². The Morgan fingerprint density at radius 2 is 1.04 bits per heavy atom. The van der Waals surface area contributed by atoms with Gasteiger partial charge in [-0.05, 0) is 12.8 Å². The van der Waals surface area contributed by atoms with Crippen LogP contribution in [0.3, 0.4) is 0 Å². The molecule has 0 saturated heterocycles. The maximum Gasteiger partial charge on any atom is 0.107 e. The lowest BCUT2D eigenvalue weighted by Gasteiger charge is -2.32. The average molecular weight is 401 g/mol. The second-order valence-corrected chi connectivity index (χ2v) is 6.37. The summed E-state index contributed by atoms with van der Waals surface area (Å²) in [7, 11) is 0. The summed E-state index contributed by atoms with van der Waals surface area (Å²) in [6, 6.07) is 0. The summed E-state index contributed by atoms with van der Waals surface area (Å²) in [4.78, 5) is 1.45. The molecule has 27 heavy (non-hydrogen) atoms. The molecule has 0 rings (SSSR count). The fourth-order valence-electron chi connectivity index (χ4n) is 2.48. The topological polar surface area (TPSA) is 195 Å². The summed E-state index contributed by atoms with van der Waals surface area (Å²) in [5.74, 6) is 0.